The Morgan fingerprint density at radius 2 is 0.729 bits per heavy atom. The number of nitrogens with two attached hydrogens (primary N) is 1. The number of aliphatic hydroxyl groups excluding tert-OH is 4. The Hall–Kier alpha value is -11.7. The average Bonchev–Trinajstić information content (AvgIpc) is 1.85. The number of nitrogens with one attached hydrogen (secondary N) is 3. The number of hydrogen-bond acceptors (Lipinski definition) is 23. The Kier molecular flexibility index (Phi) is 60.9. The maximum atomic E-state index is 12.5. The molecule has 0 atom stereocenters. The molecule has 3 amide bonds. The Labute approximate surface area is 779 Å². The SMILES string of the molecule is C.C.C#CCN.C#CCN(Cc1ccc(CCO)cc1)C(=O)OC(C)(C)C.C#CCNCc1ccc(CCO)cc1.CC(C)(C)OC(=O)N(Cc1ccc(CCN=[N+]=[N-])cc1)Cc1cn[nH]n1.CC(C)(C)OC(=O)N(Cc1ccc(CCO)cc1)Cc1cn[nH]n1.CC(C)(C)OC(=O)OC(=O)OC(C)(C)C.O=C(O)Cc1ccc(CBr)cc1.OCCc1ccc(CBr)cc1. The lowest BCUT2D eigenvalue weighted by Crippen LogP contribution is -2.36. The molecule has 10 N–H and O–H groups in total. The van der Waals surface area contributed by atoms with E-state index in [1.165, 1.54) is 21.6 Å². The van der Waals surface area contributed by atoms with E-state index in [4.69, 9.17) is 73.3 Å². The number of carbonyl (C=O) groups is 6. The molecule has 0 aliphatic rings. The first-order valence-corrected chi connectivity index (χ1v) is 42.9. The van der Waals surface area contributed by atoms with Gasteiger partial charge in [-0.25, -0.2) is 24.0 Å². The summed E-state index contributed by atoms with van der Waals surface area (Å²) in [4.78, 5) is 76.8. The van der Waals surface area contributed by atoms with Gasteiger partial charge in [-0.05, 0) is 208 Å². The van der Waals surface area contributed by atoms with Crippen LogP contribution in [-0.4, -0.2) is 188 Å². The van der Waals surface area contributed by atoms with Crippen molar-refractivity contribution in [3.8, 4) is 37.0 Å². The molecule has 8 rings (SSSR count). The largest absolute Gasteiger partial charge is 0.519 e. The van der Waals surface area contributed by atoms with E-state index in [2.05, 4.69) is 131 Å². The van der Waals surface area contributed by atoms with E-state index in [0.29, 0.717) is 83.0 Å². The monoisotopic (exact) mass is 1910 g/mol. The molecule has 129 heavy (non-hydrogen) atoms. The second-order valence-electron chi connectivity index (χ2n) is 32.7. The van der Waals surface area contributed by atoms with E-state index in [1.807, 2.05) is 184 Å². The molecule has 33 heteroatoms. The molecular formula is C96H136Br2N14O17. The second kappa shape index (κ2) is 65.8. The summed E-state index contributed by atoms with van der Waals surface area (Å²) in [6.45, 7) is 31.3. The fraction of sp³-hybridized carbons (Fsp3) is 0.458. The fourth-order valence-electron chi connectivity index (χ4n) is 9.90. The van der Waals surface area contributed by atoms with Gasteiger partial charge in [0.1, 0.15) is 39.4 Å². The molecule has 0 bridgehead atoms. The van der Waals surface area contributed by atoms with Crippen LogP contribution in [-0.2, 0) is 122 Å². The van der Waals surface area contributed by atoms with Crippen LogP contribution in [0.15, 0.2) is 163 Å². The lowest BCUT2D eigenvalue weighted by Gasteiger charge is -2.27. The van der Waals surface area contributed by atoms with Gasteiger partial charge < -0.3 is 65.0 Å². The molecule has 0 saturated carbocycles. The number of carboxylic acid groups (broad SMARTS) is 1. The number of aliphatic hydroxyl groups is 4. The minimum atomic E-state index is -1.06. The van der Waals surface area contributed by atoms with Gasteiger partial charge in [0.25, 0.3) is 0 Å². The first kappa shape index (κ1) is 119. The van der Waals surface area contributed by atoms with Gasteiger partial charge in [-0.15, -0.1) is 19.3 Å². The molecular weight excluding hydrogens is 1780 g/mol. The highest BCUT2D eigenvalue weighted by Crippen LogP contribution is 2.21. The van der Waals surface area contributed by atoms with Gasteiger partial charge in [0.05, 0.1) is 51.5 Å². The summed E-state index contributed by atoms with van der Waals surface area (Å²) in [5, 5.41) is 72.7. The number of benzene rings is 6. The molecule has 0 unspecified atom stereocenters. The number of carboxylic acids is 1. The molecule has 0 saturated heterocycles. The van der Waals surface area contributed by atoms with E-state index in [9.17, 15) is 28.8 Å². The molecule has 31 nitrogen and oxygen atoms in total. The minimum Gasteiger partial charge on any atom is -0.481 e. The number of terminal acetylenes is 3. The minimum absolute atomic E-state index is 0. The van der Waals surface area contributed by atoms with E-state index in [-0.39, 0.29) is 54.2 Å². The molecule has 6 aromatic carbocycles. The van der Waals surface area contributed by atoms with E-state index in [1.54, 1.807) is 63.7 Å². The van der Waals surface area contributed by atoms with Crippen LogP contribution in [0.1, 0.15) is 197 Å². The lowest BCUT2D eigenvalue weighted by molar-refractivity contribution is -0.136. The number of hydrogen-bond donors (Lipinski definition) is 9. The van der Waals surface area contributed by atoms with Crippen molar-refractivity contribution in [2.45, 2.75) is 235 Å². The van der Waals surface area contributed by atoms with Crippen molar-refractivity contribution >= 4 is 68.4 Å². The Morgan fingerprint density at radius 1 is 0.442 bits per heavy atom. The normalized spacial score (nSPS) is 10.4. The number of nitrogens with zero attached hydrogens (tertiary/aromatic N) is 10. The van der Waals surface area contributed by atoms with Crippen molar-refractivity contribution in [3.05, 3.63) is 247 Å². The number of carbonyl (C=O) groups excluding carboxylic acids is 5. The van der Waals surface area contributed by atoms with Crippen molar-refractivity contribution in [3.63, 3.8) is 0 Å². The summed E-state index contributed by atoms with van der Waals surface area (Å²) in [5.74, 6) is 6.42. The van der Waals surface area contributed by atoms with E-state index in [0.717, 1.165) is 80.1 Å². The lowest BCUT2D eigenvalue weighted by atomic mass is 10.1. The zero-order valence-electron chi connectivity index (χ0n) is 75.7. The van der Waals surface area contributed by atoms with Crippen LogP contribution in [0.5, 0.6) is 0 Å². The number of azide groups is 1. The number of aliphatic carboxylic acids is 1. The number of amides is 3. The van der Waals surface area contributed by atoms with Crippen molar-refractivity contribution in [1.29, 1.82) is 0 Å². The Balaban J connectivity index is 0. The number of alkyl halides is 2. The van der Waals surface area contributed by atoms with Gasteiger partial charge in [0.2, 0.25) is 0 Å². The summed E-state index contributed by atoms with van der Waals surface area (Å²) in [5.41, 5.74) is 24.3. The van der Waals surface area contributed by atoms with Gasteiger partial charge in [0.15, 0.2) is 0 Å². The number of rotatable bonds is 29. The number of ether oxygens (including phenoxy) is 6. The number of aromatic nitrogens is 6. The highest BCUT2D eigenvalue weighted by Gasteiger charge is 2.28. The van der Waals surface area contributed by atoms with Gasteiger partial charge in [0, 0.05) is 74.7 Å². The number of aromatic amines is 2. The zero-order valence-corrected chi connectivity index (χ0v) is 78.9. The number of halogens is 2. The first-order valence-electron chi connectivity index (χ1n) is 40.7. The quantitative estimate of drug-likeness (QED) is 0.00242. The topological polar surface area (TPSA) is 439 Å². The molecule has 0 aliphatic carbocycles. The molecule has 706 valence electrons. The van der Waals surface area contributed by atoms with Crippen molar-refractivity contribution in [2.24, 2.45) is 10.8 Å². The Morgan fingerprint density at radius 3 is 0.992 bits per heavy atom. The van der Waals surface area contributed by atoms with Crippen molar-refractivity contribution in [2.75, 3.05) is 52.6 Å². The summed E-state index contributed by atoms with van der Waals surface area (Å²) in [6.07, 6.45) is 18.4. The molecule has 0 radical (unpaired) electrons. The first-order chi connectivity index (χ1) is 59.9. The maximum Gasteiger partial charge on any atom is 0.519 e. The highest BCUT2D eigenvalue weighted by molar-refractivity contribution is 9.08. The zero-order chi connectivity index (χ0) is 95.4. The third-order valence-corrected chi connectivity index (χ3v) is 16.9. The summed E-state index contributed by atoms with van der Waals surface area (Å²) in [6, 6.07) is 47.3. The molecule has 8 aromatic rings. The predicted molar refractivity (Wildman–Crippen MR) is 511 cm³/mol. The standard InChI is InChI=1S/C17H23N7O2.C17H24N4O3.C17H23NO3.C12H15NO.C10H18O5.C9H9BrO2.C9H11BrO.C3H5N.2CH4/c1-17(2,3)26-16(25)24(12-15-10-20-23-21-15)11-14-6-4-13(5-7-14)8-9-19-22-18;1-17(2,3)24-16(23)21(12-15-10-18-20-19-15)11-14-6-4-13(5-7-14)8-9-22;1-5-11-18(16(20)21-17(2,3)4)13-15-8-6-14(7-9-15)10-12-19;1-2-8-13-10-12-5-3-11(4-6-12)7-9-14;1-9(2,3)14-7(11)13-8(12)15-10(4,5)6;10-6-8-3-1-7(2-4-8)5-9(11)12;10-7-9-3-1-8(2-4-9)5-6-11;1-2-3-4;;/h4-7,10H,8-9,11-12H2,1-3H3,(H,20,21,23);4-7,10,22H,8-9,11-12H2,1-3H3,(H,18,19,20);1,6-9,19H,10-13H2,2-4H3;1,3-6,13-14H,7-10H2;1-6H3;1-4H,5-6H2,(H,11,12);1-4,11H,5-7H2;1H,3-4H2;2*1H4. The van der Waals surface area contributed by atoms with Crippen molar-refractivity contribution < 1.29 is 82.7 Å². The molecule has 2 aromatic heterocycles. The van der Waals surface area contributed by atoms with Crippen LogP contribution < -0.4 is 11.1 Å². The molecule has 0 fully saturated rings. The third-order valence-electron chi connectivity index (χ3n) is 15.6. The van der Waals surface area contributed by atoms with Crippen LogP contribution in [0.3, 0.4) is 0 Å². The van der Waals surface area contributed by atoms with Crippen LogP contribution in [0.25, 0.3) is 10.4 Å². The Bertz CT molecular complexity index is 4560. The van der Waals surface area contributed by atoms with Gasteiger partial charge >= 0.3 is 36.6 Å². The highest BCUT2D eigenvalue weighted by atomic mass is 79.9. The van der Waals surface area contributed by atoms with Crippen molar-refractivity contribution in [1.82, 2.24) is 50.8 Å². The van der Waals surface area contributed by atoms with Crippen LogP contribution >= 0.6 is 31.9 Å². The maximum absolute atomic E-state index is 12.5. The van der Waals surface area contributed by atoms with E-state index < -0.39 is 64.6 Å². The van der Waals surface area contributed by atoms with E-state index >= 15 is 0 Å². The van der Waals surface area contributed by atoms with Gasteiger partial charge in [-0.1, -0.05) is 215 Å². The fourth-order valence-corrected chi connectivity index (χ4v) is 10.7. The molecule has 2 heterocycles. The second-order valence-corrected chi connectivity index (χ2v) is 33.8. The third kappa shape index (κ3) is 61.4. The average molecular weight is 1920 g/mol. The van der Waals surface area contributed by atoms with Crippen LogP contribution in [0, 0.1) is 37.0 Å². The summed E-state index contributed by atoms with van der Waals surface area (Å²) in [7, 11) is 0. The van der Waals surface area contributed by atoms with Gasteiger partial charge in [-0.3, -0.25) is 19.5 Å². The van der Waals surface area contributed by atoms with Crippen LogP contribution in [0.4, 0.5) is 24.0 Å². The smallest absolute Gasteiger partial charge is 0.481 e. The molecule has 0 spiro atoms. The van der Waals surface area contributed by atoms with Crippen LogP contribution in [0.2, 0.25) is 0 Å². The van der Waals surface area contributed by atoms with Gasteiger partial charge in [-0.2, -0.15) is 30.8 Å². The molecule has 0 aliphatic heterocycles. The summed E-state index contributed by atoms with van der Waals surface area (Å²) >= 11 is 6.69. The summed E-state index contributed by atoms with van der Waals surface area (Å²) < 4.78 is 30.1. The predicted octanol–water partition coefficient (Wildman–Crippen LogP) is 17.5. The number of H-pyrrole nitrogens is 2.